The van der Waals surface area contributed by atoms with Crippen LogP contribution in [0.3, 0.4) is 0 Å². The maximum Gasteiger partial charge on any atom is 0.282 e. The Morgan fingerprint density at radius 1 is 1.19 bits per heavy atom. The summed E-state index contributed by atoms with van der Waals surface area (Å²) in [5, 5.41) is 21.7. The lowest BCUT2D eigenvalue weighted by atomic mass is 10.1. The van der Waals surface area contributed by atoms with Crippen molar-refractivity contribution in [2.45, 2.75) is 22.2 Å². The van der Waals surface area contributed by atoms with Crippen molar-refractivity contribution in [3.05, 3.63) is 69.2 Å². The molecule has 1 aliphatic rings. The predicted octanol–water partition coefficient (Wildman–Crippen LogP) is 3.22. The summed E-state index contributed by atoms with van der Waals surface area (Å²) in [5.74, 6) is -2.23. The molecule has 3 amide bonds. The molecule has 4 rings (SSSR count). The van der Waals surface area contributed by atoms with E-state index >= 15 is 0 Å². The Kier molecular flexibility index (Phi) is 5.48. The van der Waals surface area contributed by atoms with Crippen LogP contribution in [0.25, 0.3) is 0 Å². The van der Waals surface area contributed by atoms with Gasteiger partial charge in [-0.25, -0.2) is 0 Å². The molecule has 0 bridgehead atoms. The topological polar surface area (TPSA) is 135 Å². The minimum atomic E-state index is -1.19. The number of carbonyl (C=O) groups is 3. The van der Waals surface area contributed by atoms with Crippen molar-refractivity contribution in [2.24, 2.45) is 0 Å². The molecule has 10 nitrogen and oxygen atoms in total. The molecule has 1 atom stereocenters. The summed E-state index contributed by atoms with van der Waals surface area (Å²) in [6.07, 6.45) is 0. The summed E-state index contributed by atoms with van der Waals surface area (Å²) in [6, 6.07) is 9.63. The van der Waals surface area contributed by atoms with Gasteiger partial charge in [0.15, 0.2) is 4.34 Å². The lowest BCUT2D eigenvalue weighted by molar-refractivity contribution is -0.385. The fraction of sp³-hybridized carbons (Fsp3) is 0.105. The number of rotatable bonds is 6. The summed E-state index contributed by atoms with van der Waals surface area (Å²) in [6.45, 7) is 1.39. The van der Waals surface area contributed by atoms with Crippen LogP contribution in [0.1, 0.15) is 27.6 Å². The van der Waals surface area contributed by atoms with Crippen molar-refractivity contribution in [1.82, 2.24) is 15.1 Å². The first kappa shape index (κ1) is 20.6. The standard InChI is InChI=1S/C19H13N5O5S2/c1-10(23-17(26)11-5-4-7-13(24(28)29)15(11)18(23)27)16(25)21-12-6-2-3-8-14(12)31-19-22-20-9-30-19/h2-10H,1H3,(H,21,25). The van der Waals surface area contributed by atoms with Crippen LogP contribution in [0.2, 0.25) is 0 Å². The van der Waals surface area contributed by atoms with E-state index in [4.69, 9.17) is 0 Å². The molecule has 31 heavy (non-hydrogen) atoms. The zero-order valence-electron chi connectivity index (χ0n) is 15.8. The number of para-hydroxylation sites is 1. The number of anilines is 1. The average Bonchev–Trinajstić information content (AvgIpc) is 3.35. The molecule has 0 spiro atoms. The highest BCUT2D eigenvalue weighted by Crippen LogP contribution is 2.35. The highest BCUT2D eigenvalue weighted by molar-refractivity contribution is 8.01. The molecule has 0 aliphatic carbocycles. The Hall–Kier alpha value is -3.64. The van der Waals surface area contributed by atoms with Gasteiger partial charge in [0.05, 0.1) is 16.2 Å². The largest absolute Gasteiger partial charge is 0.323 e. The number of imide groups is 1. The maximum absolute atomic E-state index is 12.9. The van der Waals surface area contributed by atoms with Crippen LogP contribution < -0.4 is 5.32 Å². The third-order valence-electron chi connectivity index (χ3n) is 4.57. The number of nitrogens with zero attached hydrogens (tertiary/aromatic N) is 4. The Morgan fingerprint density at radius 2 is 1.97 bits per heavy atom. The second-order valence-corrected chi connectivity index (χ2v) is 8.53. The lowest BCUT2D eigenvalue weighted by Gasteiger charge is -2.22. The van der Waals surface area contributed by atoms with Crippen molar-refractivity contribution in [1.29, 1.82) is 0 Å². The number of amides is 3. The molecular formula is C19H13N5O5S2. The van der Waals surface area contributed by atoms with Crippen molar-refractivity contribution in [2.75, 3.05) is 5.32 Å². The van der Waals surface area contributed by atoms with Gasteiger partial charge in [0, 0.05) is 11.0 Å². The first-order valence-electron chi connectivity index (χ1n) is 8.87. The summed E-state index contributed by atoms with van der Waals surface area (Å²) in [5.41, 5.74) is 1.20. The van der Waals surface area contributed by atoms with Crippen molar-refractivity contribution >= 4 is 52.2 Å². The van der Waals surface area contributed by atoms with Crippen LogP contribution in [0.5, 0.6) is 0 Å². The molecule has 0 saturated heterocycles. The van der Waals surface area contributed by atoms with Gasteiger partial charge in [0.25, 0.3) is 17.5 Å². The fourth-order valence-electron chi connectivity index (χ4n) is 3.10. The smallest absolute Gasteiger partial charge is 0.282 e. The summed E-state index contributed by atoms with van der Waals surface area (Å²) in [4.78, 5) is 50.4. The second kappa shape index (κ2) is 8.24. The molecule has 1 unspecified atom stereocenters. The van der Waals surface area contributed by atoms with Crippen LogP contribution >= 0.6 is 23.1 Å². The maximum atomic E-state index is 12.9. The zero-order valence-corrected chi connectivity index (χ0v) is 17.5. The van der Waals surface area contributed by atoms with E-state index < -0.39 is 34.4 Å². The first-order valence-corrected chi connectivity index (χ1v) is 10.6. The molecule has 0 saturated carbocycles. The van der Waals surface area contributed by atoms with E-state index in [0.29, 0.717) is 14.9 Å². The molecule has 2 heterocycles. The average molecular weight is 455 g/mol. The molecule has 0 radical (unpaired) electrons. The van der Waals surface area contributed by atoms with E-state index in [0.717, 1.165) is 11.0 Å². The van der Waals surface area contributed by atoms with Crippen LogP contribution in [0.15, 0.2) is 57.2 Å². The third-order valence-corrected chi connectivity index (χ3v) is 6.42. The molecule has 3 aromatic rings. The molecule has 156 valence electrons. The molecular weight excluding hydrogens is 442 g/mol. The van der Waals surface area contributed by atoms with Crippen LogP contribution in [-0.2, 0) is 4.79 Å². The minimum Gasteiger partial charge on any atom is -0.323 e. The monoisotopic (exact) mass is 455 g/mol. The summed E-state index contributed by atoms with van der Waals surface area (Å²) >= 11 is 2.66. The predicted molar refractivity (Wildman–Crippen MR) is 112 cm³/mol. The van der Waals surface area contributed by atoms with Crippen molar-refractivity contribution in [3.63, 3.8) is 0 Å². The number of benzene rings is 2. The van der Waals surface area contributed by atoms with Crippen LogP contribution in [-0.4, -0.2) is 43.8 Å². The highest BCUT2D eigenvalue weighted by atomic mass is 32.2. The number of fused-ring (bicyclic) bond motifs is 1. The fourth-order valence-corrected chi connectivity index (χ4v) is 4.63. The molecule has 2 aromatic carbocycles. The van der Waals surface area contributed by atoms with E-state index in [1.165, 1.54) is 42.2 Å². The van der Waals surface area contributed by atoms with Crippen LogP contribution in [0.4, 0.5) is 11.4 Å². The van der Waals surface area contributed by atoms with Gasteiger partial charge in [0.1, 0.15) is 17.1 Å². The van der Waals surface area contributed by atoms with Gasteiger partial charge in [-0.3, -0.25) is 29.4 Å². The molecule has 1 aliphatic heterocycles. The van der Waals surface area contributed by atoms with E-state index in [-0.39, 0.29) is 11.1 Å². The first-order chi connectivity index (χ1) is 14.9. The Balaban J connectivity index is 1.57. The summed E-state index contributed by atoms with van der Waals surface area (Å²) in [7, 11) is 0. The highest BCUT2D eigenvalue weighted by Gasteiger charge is 2.44. The number of aromatic nitrogens is 2. The molecule has 1 aromatic heterocycles. The number of nitro groups is 1. The molecule has 0 fully saturated rings. The van der Waals surface area contributed by atoms with Crippen molar-refractivity contribution < 1.29 is 19.3 Å². The number of hydrogen-bond donors (Lipinski definition) is 1. The minimum absolute atomic E-state index is 0.0916. The zero-order chi connectivity index (χ0) is 22.1. The Bertz CT molecular complexity index is 1210. The van der Waals surface area contributed by atoms with E-state index in [9.17, 15) is 24.5 Å². The van der Waals surface area contributed by atoms with Gasteiger partial charge in [-0.15, -0.1) is 10.2 Å². The summed E-state index contributed by atoms with van der Waals surface area (Å²) < 4.78 is 0.683. The van der Waals surface area contributed by atoms with Crippen molar-refractivity contribution in [3.8, 4) is 0 Å². The number of nitrogens with one attached hydrogen (secondary N) is 1. The van der Waals surface area contributed by atoms with Gasteiger partial charge >= 0.3 is 0 Å². The van der Waals surface area contributed by atoms with Gasteiger partial charge < -0.3 is 5.32 Å². The SMILES string of the molecule is CC(C(=O)Nc1ccccc1Sc1nncs1)N1C(=O)c2cccc([N+](=O)[O-])c2C1=O. The van der Waals surface area contributed by atoms with Gasteiger partial charge in [-0.05, 0) is 25.1 Å². The quantitative estimate of drug-likeness (QED) is 0.340. The van der Waals surface area contributed by atoms with Crippen LogP contribution in [0, 0.1) is 10.1 Å². The third kappa shape index (κ3) is 3.78. The second-order valence-electron chi connectivity index (χ2n) is 6.41. The lowest BCUT2D eigenvalue weighted by Crippen LogP contribution is -2.45. The van der Waals surface area contributed by atoms with E-state index in [2.05, 4.69) is 15.5 Å². The number of carbonyl (C=O) groups excluding carboxylic acids is 3. The number of hydrogen-bond acceptors (Lipinski definition) is 9. The molecule has 12 heteroatoms. The van der Waals surface area contributed by atoms with E-state index in [1.54, 1.807) is 29.8 Å². The normalized spacial score (nSPS) is 13.8. The number of nitro benzene ring substituents is 1. The van der Waals surface area contributed by atoms with Gasteiger partial charge in [0.2, 0.25) is 5.91 Å². The van der Waals surface area contributed by atoms with E-state index in [1.807, 2.05) is 0 Å². The Labute approximate surface area is 183 Å². The Morgan fingerprint density at radius 3 is 2.68 bits per heavy atom. The van der Waals surface area contributed by atoms with Gasteiger partial charge in [-0.2, -0.15) is 0 Å². The molecule has 1 N–H and O–H groups in total. The van der Waals surface area contributed by atoms with Gasteiger partial charge in [-0.1, -0.05) is 41.3 Å².